The molecule has 1 aromatic carbocycles. The first-order valence-corrected chi connectivity index (χ1v) is 7.84. The Bertz CT molecular complexity index is 666. The summed E-state index contributed by atoms with van der Waals surface area (Å²) in [5.41, 5.74) is 8.33. The Morgan fingerprint density at radius 1 is 1.00 bits per heavy atom. The Labute approximate surface area is 129 Å². The maximum absolute atomic E-state index is 2.34. The van der Waals surface area contributed by atoms with E-state index in [1.165, 1.54) is 33.5 Å². The quantitative estimate of drug-likeness (QED) is 0.713. The van der Waals surface area contributed by atoms with Crippen LogP contribution in [0.1, 0.15) is 49.4 Å². The number of rotatable bonds is 3. The normalized spacial score (nSPS) is 11.8. The molecule has 0 amide bonds. The van der Waals surface area contributed by atoms with E-state index in [0.29, 0.717) is 0 Å². The zero-order chi connectivity index (χ0) is 15.8. The third-order valence-electron chi connectivity index (χ3n) is 4.75. The van der Waals surface area contributed by atoms with Crippen molar-refractivity contribution in [2.45, 2.75) is 53.4 Å². The van der Waals surface area contributed by atoms with Gasteiger partial charge in [-0.15, -0.1) is 0 Å². The van der Waals surface area contributed by atoms with Crippen LogP contribution >= 0.6 is 0 Å². The van der Waals surface area contributed by atoms with Gasteiger partial charge in [0.15, 0.2) is 6.20 Å². The molecule has 112 valence electrons. The monoisotopic (exact) mass is 282 g/mol. The third-order valence-corrected chi connectivity index (χ3v) is 4.75. The highest BCUT2D eigenvalue weighted by molar-refractivity contribution is 5.62. The summed E-state index contributed by atoms with van der Waals surface area (Å²) in [6.45, 7) is 13.5. The summed E-state index contributed by atoms with van der Waals surface area (Å²) in [5, 5.41) is 0. The first-order valence-electron chi connectivity index (χ1n) is 7.84. The van der Waals surface area contributed by atoms with Crippen molar-refractivity contribution in [2.75, 3.05) is 0 Å². The highest BCUT2D eigenvalue weighted by Gasteiger charge is 2.25. The molecule has 2 aromatic rings. The summed E-state index contributed by atoms with van der Waals surface area (Å²) in [5.74, 6) is 0. The summed E-state index contributed by atoms with van der Waals surface area (Å²) in [7, 11) is 2.16. The summed E-state index contributed by atoms with van der Waals surface area (Å²) < 4.78 is 2.28. The average Bonchev–Trinajstić information content (AvgIpc) is 2.41. The van der Waals surface area contributed by atoms with Crippen molar-refractivity contribution >= 4 is 0 Å². The smallest absolute Gasteiger partial charge is 0.201 e. The van der Waals surface area contributed by atoms with Gasteiger partial charge >= 0.3 is 0 Å². The first-order chi connectivity index (χ1) is 9.76. The number of aromatic nitrogens is 1. The van der Waals surface area contributed by atoms with E-state index in [1.54, 1.807) is 0 Å². The van der Waals surface area contributed by atoms with Crippen molar-refractivity contribution < 1.29 is 4.57 Å². The van der Waals surface area contributed by atoms with E-state index in [4.69, 9.17) is 0 Å². The Kier molecular flexibility index (Phi) is 4.22. The van der Waals surface area contributed by atoms with E-state index in [0.717, 1.165) is 6.42 Å². The molecule has 2 rings (SSSR count). The van der Waals surface area contributed by atoms with Crippen molar-refractivity contribution in [1.82, 2.24) is 0 Å². The van der Waals surface area contributed by atoms with Gasteiger partial charge in [-0.05, 0) is 49.8 Å². The van der Waals surface area contributed by atoms with Crippen LogP contribution in [0.5, 0.6) is 0 Å². The fourth-order valence-corrected chi connectivity index (χ4v) is 3.02. The third kappa shape index (κ3) is 3.02. The van der Waals surface area contributed by atoms with Crippen LogP contribution in [0.4, 0.5) is 0 Å². The minimum Gasteiger partial charge on any atom is -0.201 e. The van der Waals surface area contributed by atoms with Crippen molar-refractivity contribution in [3.8, 4) is 11.3 Å². The molecule has 0 N–H and O–H groups in total. The molecule has 21 heavy (non-hydrogen) atoms. The fourth-order valence-electron chi connectivity index (χ4n) is 3.02. The van der Waals surface area contributed by atoms with Gasteiger partial charge in [-0.3, -0.25) is 0 Å². The number of benzene rings is 1. The van der Waals surface area contributed by atoms with Gasteiger partial charge in [0.25, 0.3) is 0 Å². The van der Waals surface area contributed by atoms with E-state index < -0.39 is 0 Å². The standard InChI is InChI=1S/C20H28N/c1-8-20(5,6)18-13-21(7)19(12-16(18)4)17-10-9-14(2)11-15(17)3/h9-13H,8H2,1-7H3/q+1. The number of hydrogen-bond donors (Lipinski definition) is 0. The molecule has 1 heterocycles. The Morgan fingerprint density at radius 2 is 1.67 bits per heavy atom. The lowest BCUT2D eigenvalue weighted by molar-refractivity contribution is -0.661. The van der Waals surface area contributed by atoms with Gasteiger partial charge < -0.3 is 0 Å². The Balaban J connectivity index is 2.60. The van der Waals surface area contributed by atoms with Crippen molar-refractivity contribution in [3.05, 3.63) is 52.7 Å². The van der Waals surface area contributed by atoms with Gasteiger partial charge in [0.1, 0.15) is 7.05 Å². The highest BCUT2D eigenvalue weighted by Crippen LogP contribution is 2.30. The molecule has 0 aliphatic carbocycles. The second-order valence-electron chi connectivity index (χ2n) is 6.92. The maximum Gasteiger partial charge on any atom is 0.212 e. The summed E-state index contributed by atoms with van der Waals surface area (Å²) >= 11 is 0. The van der Waals surface area contributed by atoms with Crippen LogP contribution in [0.25, 0.3) is 11.3 Å². The topological polar surface area (TPSA) is 3.88 Å². The molecule has 1 heteroatoms. The molecule has 0 radical (unpaired) electrons. The second kappa shape index (κ2) is 5.63. The van der Waals surface area contributed by atoms with Crippen LogP contribution in [0.15, 0.2) is 30.5 Å². The van der Waals surface area contributed by atoms with Crippen molar-refractivity contribution in [3.63, 3.8) is 0 Å². The lowest BCUT2D eigenvalue weighted by Crippen LogP contribution is -2.34. The van der Waals surface area contributed by atoms with Gasteiger partial charge in [-0.25, -0.2) is 4.57 Å². The van der Waals surface area contributed by atoms with Crippen molar-refractivity contribution in [2.24, 2.45) is 7.05 Å². The molecule has 0 saturated heterocycles. The molecule has 0 bridgehead atoms. The predicted molar refractivity (Wildman–Crippen MR) is 90.6 cm³/mol. The van der Waals surface area contributed by atoms with Crippen LogP contribution in [-0.2, 0) is 12.5 Å². The van der Waals surface area contributed by atoms with Crippen LogP contribution in [0.3, 0.4) is 0 Å². The molecule has 0 saturated carbocycles. The Hall–Kier alpha value is -1.63. The molecular weight excluding hydrogens is 254 g/mol. The molecule has 0 spiro atoms. The molecular formula is C20H28N+. The maximum atomic E-state index is 2.34. The molecule has 0 atom stereocenters. The number of aryl methyl sites for hydroxylation is 4. The zero-order valence-electron chi connectivity index (χ0n) is 14.5. The summed E-state index contributed by atoms with van der Waals surface area (Å²) in [4.78, 5) is 0. The molecule has 1 nitrogen and oxygen atoms in total. The van der Waals surface area contributed by atoms with E-state index in [2.05, 4.69) is 83.6 Å². The van der Waals surface area contributed by atoms with E-state index >= 15 is 0 Å². The van der Waals surface area contributed by atoms with E-state index in [1.807, 2.05) is 0 Å². The van der Waals surface area contributed by atoms with E-state index in [9.17, 15) is 0 Å². The minimum atomic E-state index is 0.225. The average molecular weight is 282 g/mol. The predicted octanol–water partition coefficient (Wildman–Crippen LogP) is 4.79. The SMILES string of the molecule is CCC(C)(C)c1c[n+](C)c(-c2ccc(C)cc2C)cc1C. The second-order valence-corrected chi connectivity index (χ2v) is 6.92. The Morgan fingerprint density at radius 3 is 2.24 bits per heavy atom. The molecule has 0 unspecified atom stereocenters. The highest BCUT2D eigenvalue weighted by atomic mass is 14.9. The molecule has 0 aliphatic rings. The van der Waals surface area contributed by atoms with Gasteiger partial charge in [0.2, 0.25) is 5.69 Å². The van der Waals surface area contributed by atoms with Crippen LogP contribution in [-0.4, -0.2) is 0 Å². The van der Waals surface area contributed by atoms with E-state index in [-0.39, 0.29) is 5.41 Å². The summed E-state index contributed by atoms with van der Waals surface area (Å²) in [6.07, 6.45) is 3.46. The van der Waals surface area contributed by atoms with Gasteiger partial charge in [-0.1, -0.05) is 38.5 Å². The van der Waals surface area contributed by atoms with Crippen LogP contribution < -0.4 is 4.57 Å². The number of nitrogens with zero attached hydrogens (tertiary/aromatic N) is 1. The lowest BCUT2D eigenvalue weighted by Gasteiger charge is -2.24. The first kappa shape index (κ1) is 15.8. The number of pyridine rings is 1. The molecule has 0 fully saturated rings. The summed E-state index contributed by atoms with van der Waals surface area (Å²) in [6, 6.07) is 9.03. The van der Waals surface area contributed by atoms with Gasteiger partial charge in [-0.2, -0.15) is 0 Å². The van der Waals surface area contributed by atoms with Crippen molar-refractivity contribution in [1.29, 1.82) is 0 Å². The molecule has 1 aromatic heterocycles. The zero-order valence-corrected chi connectivity index (χ0v) is 14.5. The van der Waals surface area contributed by atoms with Crippen LogP contribution in [0, 0.1) is 20.8 Å². The van der Waals surface area contributed by atoms with Crippen LogP contribution in [0.2, 0.25) is 0 Å². The van der Waals surface area contributed by atoms with Gasteiger partial charge in [0.05, 0.1) is 0 Å². The molecule has 0 aliphatic heterocycles. The van der Waals surface area contributed by atoms with Gasteiger partial charge in [0, 0.05) is 17.2 Å². The number of hydrogen-bond acceptors (Lipinski definition) is 0. The largest absolute Gasteiger partial charge is 0.212 e. The fraction of sp³-hybridized carbons (Fsp3) is 0.450. The lowest BCUT2D eigenvalue weighted by atomic mass is 9.80. The minimum absolute atomic E-state index is 0.225.